The van der Waals surface area contributed by atoms with Crippen molar-refractivity contribution in [2.75, 3.05) is 11.6 Å². The second-order valence-corrected chi connectivity index (χ2v) is 11.2. The number of carboxylic acid groups (broad SMARTS) is 1. The minimum absolute atomic E-state index is 0.0295. The fraction of sp³-hybridized carbons (Fsp3) is 0.160. The van der Waals surface area contributed by atoms with E-state index in [1.807, 2.05) is 0 Å². The molecule has 4 rings (SSSR count). The van der Waals surface area contributed by atoms with Crippen molar-refractivity contribution in [1.29, 1.82) is 0 Å². The average Bonchev–Trinajstić information content (AvgIpc) is 3.57. The molecule has 3 N–H and O–H groups in total. The molecule has 16 heteroatoms. The molecule has 0 radical (unpaired) electrons. The first kappa shape index (κ1) is 29.1. The summed E-state index contributed by atoms with van der Waals surface area (Å²) >= 11 is 6.13. The molecule has 2 amide bonds. The number of carbonyl (C=O) groups is 3. The molecule has 0 unspecified atom stereocenters. The van der Waals surface area contributed by atoms with Crippen molar-refractivity contribution >= 4 is 51.0 Å². The van der Waals surface area contributed by atoms with Crippen LogP contribution in [0, 0.1) is 0 Å². The molecule has 0 aliphatic carbocycles. The molecule has 2 heterocycles. The van der Waals surface area contributed by atoms with Crippen molar-refractivity contribution in [3.8, 4) is 5.69 Å². The van der Waals surface area contributed by atoms with Gasteiger partial charge in [0.1, 0.15) is 12.4 Å². The van der Waals surface area contributed by atoms with Crippen molar-refractivity contribution in [3.63, 3.8) is 0 Å². The van der Waals surface area contributed by atoms with Crippen LogP contribution >= 0.6 is 11.6 Å². The minimum atomic E-state index is -3.59. The maximum absolute atomic E-state index is 13.2. The van der Waals surface area contributed by atoms with Gasteiger partial charge in [-0.25, -0.2) is 13.2 Å². The van der Waals surface area contributed by atoms with Crippen LogP contribution < -0.4 is 10.6 Å². The number of hydrogen-bond acceptors (Lipinski definition) is 9. The third-order valence-corrected chi connectivity index (χ3v) is 7.09. The smallest absolute Gasteiger partial charge is 0.335 e. The SMILES string of the molecule is Cn1nc(C[C@H](NC(=O)C=Cc2cc(Cl)ccc2-n2cnnn2)C(=O)Nc2ccc(C(=O)O)cc2)cc1S(C)(=O)=O. The first-order valence-corrected chi connectivity index (χ1v) is 14.1. The van der Waals surface area contributed by atoms with Gasteiger partial charge in [0.05, 0.1) is 16.9 Å². The molecule has 0 aliphatic heterocycles. The minimum Gasteiger partial charge on any atom is -0.478 e. The molecule has 4 aromatic rings. The number of rotatable bonds is 10. The Morgan fingerprint density at radius 3 is 2.46 bits per heavy atom. The lowest BCUT2D eigenvalue weighted by Crippen LogP contribution is -2.44. The molecule has 0 spiro atoms. The number of hydrogen-bond donors (Lipinski definition) is 3. The van der Waals surface area contributed by atoms with E-state index in [-0.39, 0.29) is 28.4 Å². The molecule has 41 heavy (non-hydrogen) atoms. The van der Waals surface area contributed by atoms with Gasteiger partial charge in [0.25, 0.3) is 0 Å². The van der Waals surface area contributed by atoms with Crippen LogP contribution in [-0.2, 0) is 32.9 Å². The topological polar surface area (TPSA) is 191 Å². The van der Waals surface area contributed by atoms with E-state index in [9.17, 15) is 22.8 Å². The summed E-state index contributed by atoms with van der Waals surface area (Å²) in [5.74, 6) is -2.41. The number of anilines is 1. The molecular weight excluding hydrogens is 576 g/mol. The largest absolute Gasteiger partial charge is 0.478 e. The lowest BCUT2D eigenvalue weighted by atomic mass is 10.1. The Labute approximate surface area is 238 Å². The first-order chi connectivity index (χ1) is 19.4. The van der Waals surface area contributed by atoms with E-state index < -0.39 is 33.7 Å². The van der Waals surface area contributed by atoms with Gasteiger partial charge >= 0.3 is 5.97 Å². The van der Waals surface area contributed by atoms with Gasteiger partial charge in [0.2, 0.25) is 11.8 Å². The van der Waals surface area contributed by atoms with Gasteiger partial charge in [-0.2, -0.15) is 9.78 Å². The van der Waals surface area contributed by atoms with Crippen LogP contribution in [0.1, 0.15) is 21.6 Å². The predicted octanol–water partition coefficient (Wildman–Crippen LogP) is 1.53. The molecule has 212 valence electrons. The van der Waals surface area contributed by atoms with E-state index in [1.54, 1.807) is 18.2 Å². The second-order valence-electron chi connectivity index (χ2n) is 8.80. The Balaban J connectivity index is 1.58. The van der Waals surface area contributed by atoms with Crippen LogP contribution in [0.3, 0.4) is 0 Å². The van der Waals surface area contributed by atoms with Gasteiger partial charge in [0, 0.05) is 42.1 Å². The highest BCUT2D eigenvalue weighted by Gasteiger charge is 2.24. The molecule has 14 nitrogen and oxygen atoms in total. The molecule has 0 saturated heterocycles. The summed E-state index contributed by atoms with van der Waals surface area (Å²) in [5, 5.41) is 29.9. The standard InChI is InChI=1S/C25H23ClN8O6S/c1-33-23(41(2,39)40)13-19(30-33)12-20(24(36)28-18-7-3-15(4-8-18)25(37)38)29-22(35)10-5-16-11-17(26)6-9-21(16)34-14-27-31-32-34/h3-11,13-14,20H,12H2,1-2H3,(H,28,36)(H,29,35)(H,37,38)/t20-/m0/s1. The summed E-state index contributed by atoms with van der Waals surface area (Å²) in [6.07, 6.45) is 4.93. The third-order valence-electron chi connectivity index (χ3n) is 5.71. The zero-order chi connectivity index (χ0) is 29.7. The zero-order valence-electron chi connectivity index (χ0n) is 21.6. The van der Waals surface area contributed by atoms with E-state index >= 15 is 0 Å². The zero-order valence-corrected chi connectivity index (χ0v) is 23.2. The number of nitrogens with one attached hydrogen (secondary N) is 2. The maximum Gasteiger partial charge on any atom is 0.335 e. The summed E-state index contributed by atoms with van der Waals surface area (Å²) in [4.78, 5) is 37.3. The number of aromatic nitrogens is 6. The lowest BCUT2D eigenvalue weighted by molar-refractivity contribution is -0.123. The van der Waals surface area contributed by atoms with E-state index in [4.69, 9.17) is 16.7 Å². The van der Waals surface area contributed by atoms with Gasteiger partial charge < -0.3 is 15.7 Å². The Kier molecular flexibility index (Phi) is 8.59. The van der Waals surface area contributed by atoms with Crippen LogP contribution in [0.2, 0.25) is 5.02 Å². The van der Waals surface area contributed by atoms with Crippen molar-refractivity contribution < 1.29 is 27.9 Å². The number of amides is 2. The molecule has 2 aromatic carbocycles. The molecule has 2 aromatic heterocycles. The first-order valence-electron chi connectivity index (χ1n) is 11.8. The lowest BCUT2D eigenvalue weighted by Gasteiger charge is -2.17. The number of halogens is 1. The second kappa shape index (κ2) is 12.1. The van der Waals surface area contributed by atoms with Gasteiger partial charge in [0.15, 0.2) is 14.9 Å². The number of carboxylic acids is 1. The Bertz CT molecular complexity index is 1730. The number of tetrazole rings is 1. The van der Waals surface area contributed by atoms with Crippen molar-refractivity contribution in [3.05, 3.63) is 82.8 Å². The fourth-order valence-electron chi connectivity index (χ4n) is 3.82. The Hall–Kier alpha value is -4.89. The maximum atomic E-state index is 13.2. The van der Waals surface area contributed by atoms with Gasteiger partial charge in [-0.3, -0.25) is 14.3 Å². The van der Waals surface area contributed by atoms with Crippen LogP contribution in [-0.4, -0.2) is 73.6 Å². The molecule has 0 fully saturated rings. The van der Waals surface area contributed by atoms with Gasteiger partial charge in [-0.15, -0.1) is 5.10 Å². The van der Waals surface area contributed by atoms with Crippen molar-refractivity contribution in [2.24, 2.45) is 7.05 Å². The monoisotopic (exact) mass is 598 g/mol. The number of aromatic carboxylic acids is 1. The molecule has 1 atom stereocenters. The van der Waals surface area contributed by atoms with Crippen LogP contribution in [0.4, 0.5) is 5.69 Å². The van der Waals surface area contributed by atoms with E-state index in [0.717, 1.165) is 6.26 Å². The number of sulfone groups is 1. The number of carbonyl (C=O) groups excluding carboxylic acids is 2. The summed E-state index contributed by atoms with van der Waals surface area (Å²) in [5.41, 5.74) is 1.63. The van der Waals surface area contributed by atoms with Gasteiger partial charge in [-0.1, -0.05) is 11.6 Å². The number of benzene rings is 2. The molecule has 0 bridgehead atoms. The molecule has 0 aliphatic rings. The van der Waals surface area contributed by atoms with Gasteiger partial charge in [-0.05, 0) is 65.0 Å². The molecular formula is C25H23ClN8O6S. The van der Waals surface area contributed by atoms with E-state index in [1.165, 1.54) is 65.2 Å². The summed E-state index contributed by atoms with van der Waals surface area (Å²) < 4.78 is 26.7. The van der Waals surface area contributed by atoms with Crippen LogP contribution in [0.15, 0.2) is 66.0 Å². The van der Waals surface area contributed by atoms with Crippen LogP contribution in [0.5, 0.6) is 0 Å². The Morgan fingerprint density at radius 2 is 1.85 bits per heavy atom. The number of aryl methyl sites for hydroxylation is 1. The average molecular weight is 599 g/mol. The van der Waals surface area contributed by atoms with E-state index in [2.05, 4.69) is 31.3 Å². The highest BCUT2D eigenvalue weighted by atomic mass is 35.5. The fourth-order valence-corrected chi connectivity index (χ4v) is 4.87. The highest BCUT2D eigenvalue weighted by molar-refractivity contribution is 7.90. The van der Waals surface area contributed by atoms with Crippen LogP contribution in [0.25, 0.3) is 11.8 Å². The third kappa shape index (κ3) is 7.40. The van der Waals surface area contributed by atoms with Crippen molar-refractivity contribution in [1.82, 2.24) is 35.3 Å². The molecule has 0 saturated carbocycles. The highest BCUT2D eigenvalue weighted by Crippen LogP contribution is 2.20. The van der Waals surface area contributed by atoms with Crippen molar-refractivity contribution in [2.45, 2.75) is 17.5 Å². The summed E-state index contributed by atoms with van der Waals surface area (Å²) in [6.45, 7) is 0. The quantitative estimate of drug-likeness (QED) is 0.226. The van der Waals surface area contributed by atoms with E-state index in [0.29, 0.717) is 16.3 Å². The summed E-state index contributed by atoms with van der Waals surface area (Å²) in [7, 11) is -2.14. The normalized spacial score (nSPS) is 12.3. The summed E-state index contributed by atoms with van der Waals surface area (Å²) in [6, 6.07) is 10.5. The Morgan fingerprint density at radius 1 is 1.12 bits per heavy atom. The predicted molar refractivity (Wildman–Crippen MR) is 147 cm³/mol. The number of nitrogens with zero attached hydrogens (tertiary/aromatic N) is 6.